The fourth-order valence-corrected chi connectivity index (χ4v) is 9.38. The molecule has 0 rings (SSSR count). The molecule has 0 aliphatic carbocycles. The van der Waals surface area contributed by atoms with Crippen LogP contribution in [0.3, 0.4) is 0 Å². The number of esters is 3. The van der Waals surface area contributed by atoms with E-state index >= 15 is 0 Å². The summed E-state index contributed by atoms with van der Waals surface area (Å²) in [7, 11) is 0. The number of rotatable bonds is 57. The van der Waals surface area contributed by atoms with E-state index in [0.717, 1.165) is 57.8 Å². The quantitative estimate of drug-likeness (QED) is 0.0262. The molecular weight excluding hydrogens is 841 g/mol. The van der Waals surface area contributed by atoms with E-state index in [2.05, 4.69) is 32.9 Å². The Labute approximate surface area is 424 Å². The van der Waals surface area contributed by atoms with Crippen molar-refractivity contribution in [3.05, 3.63) is 12.2 Å². The lowest BCUT2D eigenvalue weighted by Gasteiger charge is -2.18. The van der Waals surface area contributed by atoms with Gasteiger partial charge in [-0.2, -0.15) is 0 Å². The van der Waals surface area contributed by atoms with Crippen LogP contribution < -0.4 is 0 Å². The smallest absolute Gasteiger partial charge is 0.306 e. The summed E-state index contributed by atoms with van der Waals surface area (Å²) in [6, 6.07) is 0. The zero-order valence-corrected chi connectivity index (χ0v) is 46.2. The van der Waals surface area contributed by atoms with Crippen LogP contribution in [0.5, 0.6) is 0 Å². The van der Waals surface area contributed by atoms with E-state index in [0.29, 0.717) is 19.3 Å². The van der Waals surface area contributed by atoms with Gasteiger partial charge in [-0.05, 0) is 44.9 Å². The van der Waals surface area contributed by atoms with Crippen molar-refractivity contribution in [3.63, 3.8) is 0 Å². The van der Waals surface area contributed by atoms with E-state index in [-0.39, 0.29) is 31.1 Å². The normalized spacial score (nSPS) is 12.0. The van der Waals surface area contributed by atoms with Crippen LogP contribution in [0.4, 0.5) is 0 Å². The Hall–Kier alpha value is -1.85. The second-order valence-corrected chi connectivity index (χ2v) is 21.0. The first-order valence-electron chi connectivity index (χ1n) is 30.7. The van der Waals surface area contributed by atoms with Gasteiger partial charge in [-0.1, -0.05) is 296 Å². The molecule has 6 nitrogen and oxygen atoms in total. The number of allylic oxidation sites excluding steroid dienone is 2. The van der Waals surface area contributed by atoms with Crippen LogP contribution in [0.15, 0.2) is 12.2 Å². The molecule has 0 amide bonds. The third-order valence-electron chi connectivity index (χ3n) is 14.0. The minimum atomic E-state index is -0.765. The Morgan fingerprint density at radius 3 is 0.735 bits per heavy atom. The number of carbonyl (C=O) groups is 3. The topological polar surface area (TPSA) is 78.9 Å². The first-order chi connectivity index (χ1) is 33.5. The van der Waals surface area contributed by atoms with E-state index in [9.17, 15) is 14.4 Å². The van der Waals surface area contributed by atoms with Gasteiger partial charge in [0.25, 0.3) is 0 Å². The highest BCUT2D eigenvalue weighted by Crippen LogP contribution is 2.18. The Balaban J connectivity index is 4.30. The van der Waals surface area contributed by atoms with E-state index in [4.69, 9.17) is 14.2 Å². The van der Waals surface area contributed by atoms with Gasteiger partial charge in [-0.25, -0.2) is 0 Å². The Kier molecular flexibility index (Phi) is 56.2. The third-order valence-corrected chi connectivity index (χ3v) is 14.0. The molecule has 0 aliphatic heterocycles. The van der Waals surface area contributed by atoms with Gasteiger partial charge in [0.05, 0.1) is 0 Å². The van der Waals surface area contributed by atoms with Crippen molar-refractivity contribution in [2.24, 2.45) is 0 Å². The van der Waals surface area contributed by atoms with Gasteiger partial charge < -0.3 is 14.2 Å². The largest absolute Gasteiger partial charge is 0.462 e. The summed E-state index contributed by atoms with van der Waals surface area (Å²) in [4.78, 5) is 38.2. The molecule has 0 aromatic heterocycles. The van der Waals surface area contributed by atoms with Crippen LogP contribution in [-0.4, -0.2) is 37.2 Å². The molecule has 6 heteroatoms. The summed E-state index contributed by atoms with van der Waals surface area (Å²) >= 11 is 0. The molecule has 0 fully saturated rings. The van der Waals surface area contributed by atoms with Crippen LogP contribution in [0.25, 0.3) is 0 Å². The van der Waals surface area contributed by atoms with Crippen molar-refractivity contribution in [3.8, 4) is 0 Å². The SMILES string of the molecule is CCCCCCCC/C=C\CCCCCCCCCCCC(=O)OCC(COC(=O)CCCCCCCCCCCCCCCCC)OC(=O)CCCCCCCCCCCCCCCCCC. The second-order valence-electron chi connectivity index (χ2n) is 21.0. The van der Waals surface area contributed by atoms with Crippen LogP contribution in [-0.2, 0) is 28.6 Å². The maximum absolute atomic E-state index is 12.9. The second kappa shape index (κ2) is 57.7. The summed E-state index contributed by atoms with van der Waals surface area (Å²) < 4.78 is 16.9. The van der Waals surface area contributed by atoms with Gasteiger partial charge in [-0.3, -0.25) is 14.4 Å². The highest BCUT2D eigenvalue weighted by molar-refractivity contribution is 5.71. The van der Waals surface area contributed by atoms with E-state index in [1.165, 1.54) is 250 Å². The summed E-state index contributed by atoms with van der Waals surface area (Å²) in [5, 5.41) is 0. The highest BCUT2D eigenvalue weighted by Gasteiger charge is 2.19. The fourth-order valence-electron chi connectivity index (χ4n) is 9.38. The Morgan fingerprint density at radius 1 is 0.279 bits per heavy atom. The number of hydrogen-bond acceptors (Lipinski definition) is 6. The summed E-state index contributed by atoms with van der Waals surface area (Å²) in [5.41, 5.74) is 0. The molecule has 1 atom stereocenters. The van der Waals surface area contributed by atoms with Crippen molar-refractivity contribution in [2.75, 3.05) is 13.2 Å². The number of unbranched alkanes of at least 4 members (excludes halogenated alkanes) is 44. The van der Waals surface area contributed by atoms with Crippen LogP contribution in [0, 0.1) is 0 Å². The predicted octanol–water partition coefficient (Wildman–Crippen LogP) is 20.5. The molecule has 0 spiro atoms. The van der Waals surface area contributed by atoms with Gasteiger partial charge in [-0.15, -0.1) is 0 Å². The molecule has 0 bridgehead atoms. The molecular formula is C62H118O6. The maximum Gasteiger partial charge on any atom is 0.306 e. The predicted molar refractivity (Wildman–Crippen MR) is 293 cm³/mol. The van der Waals surface area contributed by atoms with Crippen molar-refractivity contribution in [1.82, 2.24) is 0 Å². The van der Waals surface area contributed by atoms with Gasteiger partial charge in [0, 0.05) is 19.3 Å². The van der Waals surface area contributed by atoms with Gasteiger partial charge in [0.1, 0.15) is 13.2 Å². The molecule has 0 aliphatic rings. The van der Waals surface area contributed by atoms with Crippen molar-refractivity contribution in [2.45, 2.75) is 354 Å². The Bertz CT molecular complexity index is 1060. The third kappa shape index (κ3) is 55.1. The molecule has 0 aromatic carbocycles. The zero-order chi connectivity index (χ0) is 49.3. The van der Waals surface area contributed by atoms with Crippen molar-refractivity contribution in [1.29, 1.82) is 0 Å². The lowest BCUT2D eigenvalue weighted by Crippen LogP contribution is -2.30. The van der Waals surface area contributed by atoms with Gasteiger partial charge in [0.2, 0.25) is 0 Å². The molecule has 0 saturated heterocycles. The minimum Gasteiger partial charge on any atom is -0.462 e. The summed E-state index contributed by atoms with van der Waals surface area (Å²) in [6.07, 6.45) is 66.3. The molecule has 402 valence electrons. The fraction of sp³-hybridized carbons (Fsp3) is 0.919. The van der Waals surface area contributed by atoms with Crippen molar-refractivity contribution < 1.29 is 28.6 Å². The minimum absolute atomic E-state index is 0.0640. The molecule has 0 radical (unpaired) electrons. The van der Waals surface area contributed by atoms with E-state index in [1.807, 2.05) is 0 Å². The highest BCUT2D eigenvalue weighted by atomic mass is 16.6. The van der Waals surface area contributed by atoms with Crippen LogP contribution >= 0.6 is 0 Å². The number of carbonyl (C=O) groups excluding carboxylic acids is 3. The standard InChI is InChI=1S/C62H118O6/c1-4-7-10-13-16-19-22-25-28-30-31-32-35-37-40-43-46-49-52-55-61(64)67-58-59(57-66-60(63)54-51-48-45-42-39-36-33-27-24-21-18-15-12-9-6-3)68-62(65)56-53-50-47-44-41-38-34-29-26-23-20-17-14-11-8-5-2/h25,28,59H,4-24,26-27,29-58H2,1-3H3/b28-25-. The van der Waals surface area contributed by atoms with Crippen molar-refractivity contribution >= 4 is 17.9 Å². The van der Waals surface area contributed by atoms with E-state index < -0.39 is 6.10 Å². The molecule has 0 N–H and O–H groups in total. The first kappa shape index (κ1) is 66.2. The van der Waals surface area contributed by atoms with E-state index in [1.54, 1.807) is 0 Å². The number of hydrogen-bond donors (Lipinski definition) is 0. The lowest BCUT2D eigenvalue weighted by atomic mass is 10.0. The monoisotopic (exact) mass is 959 g/mol. The average Bonchev–Trinajstić information content (AvgIpc) is 3.34. The Morgan fingerprint density at radius 2 is 0.485 bits per heavy atom. The molecule has 0 heterocycles. The van der Waals surface area contributed by atoms with Crippen LogP contribution in [0.2, 0.25) is 0 Å². The van der Waals surface area contributed by atoms with Gasteiger partial charge in [0.15, 0.2) is 6.10 Å². The molecule has 0 saturated carbocycles. The molecule has 68 heavy (non-hydrogen) atoms. The lowest BCUT2D eigenvalue weighted by molar-refractivity contribution is -0.167. The average molecular weight is 960 g/mol. The first-order valence-corrected chi connectivity index (χ1v) is 30.7. The van der Waals surface area contributed by atoms with Crippen LogP contribution in [0.1, 0.15) is 348 Å². The molecule has 0 aromatic rings. The number of ether oxygens (including phenoxy) is 3. The zero-order valence-electron chi connectivity index (χ0n) is 46.2. The maximum atomic E-state index is 12.9. The summed E-state index contributed by atoms with van der Waals surface area (Å²) in [5.74, 6) is -0.837. The molecule has 1 unspecified atom stereocenters. The van der Waals surface area contributed by atoms with Gasteiger partial charge >= 0.3 is 17.9 Å². The summed E-state index contributed by atoms with van der Waals surface area (Å²) in [6.45, 7) is 6.70.